The third-order valence-corrected chi connectivity index (χ3v) is 5.08. The van der Waals surface area contributed by atoms with Gasteiger partial charge < -0.3 is 9.64 Å². The van der Waals surface area contributed by atoms with Crippen LogP contribution >= 0.6 is 11.6 Å². The summed E-state index contributed by atoms with van der Waals surface area (Å²) in [4.78, 5) is 20.3. The largest absolute Gasteiger partial charge is 0.497 e. The summed E-state index contributed by atoms with van der Waals surface area (Å²) in [5.74, 6) is 1.64. The molecule has 0 unspecified atom stereocenters. The van der Waals surface area contributed by atoms with Gasteiger partial charge in [-0.25, -0.2) is 9.97 Å². The molecule has 1 aliphatic heterocycles. The van der Waals surface area contributed by atoms with Crippen molar-refractivity contribution in [2.75, 3.05) is 25.1 Å². The van der Waals surface area contributed by atoms with E-state index in [0.717, 1.165) is 41.4 Å². The smallest absolute Gasteiger partial charge is 0.225 e. The number of nitrogens with zero attached hydrogens (tertiary/aromatic N) is 5. The van der Waals surface area contributed by atoms with Crippen molar-refractivity contribution >= 4 is 28.7 Å². The van der Waals surface area contributed by atoms with Crippen molar-refractivity contribution in [3.05, 3.63) is 73.0 Å². The molecule has 6 nitrogen and oxygen atoms in total. The Kier molecular flexibility index (Phi) is 5.27. The maximum atomic E-state index is 6.08. The van der Waals surface area contributed by atoms with Crippen molar-refractivity contribution in [2.45, 2.75) is 5.92 Å². The van der Waals surface area contributed by atoms with Crippen LogP contribution in [0.15, 0.2) is 56.0 Å². The summed E-state index contributed by atoms with van der Waals surface area (Å²) in [6, 6.07) is 7.85. The molecule has 7 heteroatoms. The molecular weight excluding hydrogens is 386 g/mol. The highest BCUT2D eigenvalue weighted by Gasteiger charge is 2.33. The van der Waals surface area contributed by atoms with Crippen LogP contribution in [0.5, 0.6) is 5.75 Å². The second-order valence-electron chi connectivity index (χ2n) is 6.71. The molecule has 1 aliphatic rings. The molecule has 0 saturated carbocycles. The number of ether oxygens (including phenoxy) is 1. The first-order chi connectivity index (χ1) is 14.1. The molecule has 0 spiro atoms. The molecule has 0 aliphatic carbocycles. The van der Waals surface area contributed by atoms with Crippen LogP contribution in [-0.2, 0) is 0 Å². The Morgan fingerprint density at radius 3 is 2.76 bits per heavy atom. The zero-order valence-corrected chi connectivity index (χ0v) is 16.8. The Bertz CT molecular complexity index is 1080. The van der Waals surface area contributed by atoms with E-state index in [4.69, 9.17) is 16.3 Å². The fourth-order valence-electron chi connectivity index (χ4n) is 3.36. The van der Waals surface area contributed by atoms with Gasteiger partial charge >= 0.3 is 0 Å². The van der Waals surface area contributed by atoms with Crippen molar-refractivity contribution in [1.82, 2.24) is 19.9 Å². The normalized spacial score (nSPS) is 13.7. The van der Waals surface area contributed by atoms with Crippen LogP contribution in [-0.4, -0.2) is 40.1 Å². The molecule has 1 fully saturated rings. The minimum absolute atomic E-state index is 0.232. The molecule has 0 amide bonds. The van der Waals surface area contributed by atoms with Gasteiger partial charge in [0.1, 0.15) is 5.75 Å². The summed E-state index contributed by atoms with van der Waals surface area (Å²) in [6.07, 6.45) is 6.83. The van der Waals surface area contributed by atoms with Gasteiger partial charge in [0, 0.05) is 48.7 Å². The van der Waals surface area contributed by atoms with E-state index in [2.05, 4.69) is 38.0 Å². The minimum Gasteiger partial charge on any atom is -0.497 e. The van der Waals surface area contributed by atoms with Crippen LogP contribution in [0.2, 0.25) is 0 Å². The highest BCUT2D eigenvalue weighted by atomic mass is 35.5. The molecule has 2 aromatic heterocycles. The third kappa shape index (κ3) is 3.71. The van der Waals surface area contributed by atoms with Gasteiger partial charge in [-0.2, -0.15) is 0 Å². The van der Waals surface area contributed by atoms with E-state index >= 15 is 0 Å². The third-order valence-electron chi connectivity index (χ3n) is 4.90. The van der Waals surface area contributed by atoms with E-state index < -0.39 is 0 Å². The highest BCUT2D eigenvalue weighted by molar-refractivity contribution is 6.48. The van der Waals surface area contributed by atoms with Crippen LogP contribution in [0, 0.1) is 0 Å². The summed E-state index contributed by atoms with van der Waals surface area (Å²) in [5.41, 5.74) is 4.18. The monoisotopic (exact) mass is 405 g/mol. The Hall–Kier alpha value is -3.25. The van der Waals surface area contributed by atoms with Gasteiger partial charge in [-0.15, -0.1) is 0 Å². The zero-order chi connectivity index (χ0) is 20.4. The second-order valence-corrected chi connectivity index (χ2v) is 7.16. The first kappa shape index (κ1) is 19.1. The van der Waals surface area contributed by atoms with Gasteiger partial charge in [0.2, 0.25) is 5.95 Å². The minimum atomic E-state index is 0.232. The van der Waals surface area contributed by atoms with Crippen LogP contribution in [0.25, 0.3) is 22.4 Å². The van der Waals surface area contributed by atoms with Gasteiger partial charge in [-0.3, -0.25) is 9.97 Å². The van der Waals surface area contributed by atoms with E-state index in [1.54, 1.807) is 31.8 Å². The summed E-state index contributed by atoms with van der Waals surface area (Å²) < 4.78 is 5.34. The van der Waals surface area contributed by atoms with Gasteiger partial charge in [-0.05, 0) is 12.1 Å². The lowest BCUT2D eigenvalue weighted by molar-refractivity contribution is 0.415. The molecular formula is C22H20ClN5O. The summed E-state index contributed by atoms with van der Waals surface area (Å²) in [6.45, 7) is 9.04. The average Bonchev–Trinajstić information content (AvgIpc) is 2.73. The zero-order valence-electron chi connectivity index (χ0n) is 16.0. The van der Waals surface area contributed by atoms with Crippen molar-refractivity contribution < 1.29 is 4.74 Å². The topological polar surface area (TPSA) is 64.0 Å². The van der Waals surface area contributed by atoms with E-state index in [-0.39, 0.29) is 5.92 Å². The fourth-order valence-corrected chi connectivity index (χ4v) is 3.51. The standard InChI is InChI=1S/C22H20ClN5O/c1-4-15-11-26-22(27-19(15)14(2)23)28-12-17(13-28)21-20(24-8-9-25-21)16-6-5-7-18(10-16)29-3/h4-11,17H,1-2,12-13H2,3H3. The Balaban J connectivity index is 1.57. The lowest BCUT2D eigenvalue weighted by Crippen LogP contribution is -2.46. The number of anilines is 1. The summed E-state index contributed by atoms with van der Waals surface area (Å²) >= 11 is 6.08. The van der Waals surface area contributed by atoms with Crippen molar-refractivity contribution in [1.29, 1.82) is 0 Å². The summed E-state index contributed by atoms with van der Waals surface area (Å²) in [7, 11) is 1.65. The van der Waals surface area contributed by atoms with Gasteiger partial charge in [0.25, 0.3) is 0 Å². The van der Waals surface area contributed by atoms with Crippen molar-refractivity contribution in [3.8, 4) is 17.0 Å². The Labute approximate surface area is 174 Å². The molecule has 1 aromatic carbocycles. The lowest BCUT2D eigenvalue weighted by Gasteiger charge is -2.39. The number of methoxy groups -OCH3 is 1. The van der Waals surface area contributed by atoms with E-state index in [0.29, 0.717) is 16.7 Å². The van der Waals surface area contributed by atoms with Gasteiger partial charge in [0.05, 0.1) is 29.2 Å². The number of benzene rings is 1. The number of hydrogen-bond donors (Lipinski definition) is 0. The molecule has 0 N–H and O–H groups in total. The van der Waals surface area contributed by atoms with Gasteiger partial charge in [-0.1, -0.05) is 43.0 Å². The SMILES string of the molecule is C=Cc1cnc(N2CC(c3nccnc3-c3cccc(OC)c3)C2)nc1C(=C)Cl. The number of halogens is 1. The fraction of sp³-hybridized carbons (Fsp3) is 0.182. The molecule has 0 bridgehead atoms. The molecule has 0 atom stereocenters. The average molecular weight is 406 g/mol. The van der Waals surface area contributed by atoms with E-state index in [9.17, 15) is 0 Å². The first-order valence-electron chi connectivity index (χ1n) is 9.15. The Morgan fingerprint density at radius 1 is 1.24 bits per heavy atom. The molecule has 3 aromatic rings. The number of aromatic nitrogens is 4. The van der Waals surface area contributed by atoms with Gasteiger partial charge in [0.15, 0.2) is 0 Å². The highest BCUT2D eigenvalue weighted by Crippen LogP contribution is 2.35. The molecule has 146 valence electrons. The quantitative estimate of drug-likeness (QED) is 0.605. The number of hydrogen-bond acceptors (Lipinski definition) is 6. The molecule has 4 rings (SSSR count). The predicted octanol–water partition coefficient (Wildman–Crippen LogP) is 4.40. The van der Waals surface area contributed by atoms with E-state index in [1.165, 1.54) is 0 Å². The summed E-state index contributed by atoms with van der Waals surface area (Å²) in [5, 5.41) is 0.370. The molecule has 3 heterocycles. The molecule has 29 heavy (non-hydrogen) atoms. The van der Waals surface area contributed by atoms with Crippen molar-refractivity contribution in [2.24, 2.45) is 0 Å². The van der Waals surface area contributed by atoms with E-state index in [1.807, 2.05) is 24.3 Å². The lowest BCUT2D eigenvalue weighted by atomic mass is 9.92. The van der Waals surface area contributed by atoms with Crippen molar-refractivity contribution in [3.63, 3.8) is 0 Å². The Morgan fingerprint density at radius 2 is 2.03 bits per heavy atom. The molecule has 0 radical (unpaired) electrons. The second kappa shape index (κ2) is 8.01. The molecule has 1 saturated heterocycles. The first-order valence-corrected chi connectivity index (χ1v) is 9.53. The van der Waals surface area contributed by atoms with Crippen LogP contribution in [0.1, 0.15) is 22.9 Å². The predicted molar refractivity (Wildman–Crippen MR) is 116 cm³/mol. The number of rotatable bonds is 6. The maximum Gasteiger partial charge on any atom is 0.225 e. The van der Waals surface area contributed by atoms with Crippen LogP contribution in [0.3, 0.4) is 0 Å². The maximum absolute atomic E-state index is 6.08. The van der Waals surface area contributed by atoms with Crippen LogP contribution in [0.4, 0.5) is 5.95 Å². The van der Waals surface area contributed by atoms with Crippen LogP contribution < -0.4 is 9.64 Å².